The van der Waals surface area contributed by atoms with Crippen molar-refractivity contribution in [1.82, 2.24) is 15.3 Å². The summed E-state index contributed by atoms with van der Waals surface area (Å²) in [6, 6.07) is 10.4. The summed E-state index contributed by atoms with van der Waals surface area (Å²) in [5.74, 6) is -0.327. The normalized spacial score (nSPS) is 25.0. The molecule has 10 nitrogen and oxygen atoms in total. The number of aryl methyl sites for hydroxylation is 1. The summed E-state index contributed by atoms with van der Waals surface area (Å²) in [6.45, 7) is 1.68. The summed E-state index contributed by atoms with van der Waals surface area (Å²) < 4.78 is 47.6. The highest BCUT2D eigenvalue weighted by atomic mass is 19.4. The smallest absolute Gasteiger partial charge is 0.421 e. The lowest BCUT2D eigenvalue weighted by molar-refractivity contribution is -0.165. The van der Waals surface area contributed by atoms with E-state index in [0.717, 1.165) is 24.9 Å². The van der Waals surface area contributed by atoms with E-state index in [9.17, 15) is 27.9 Å². The van der Waals surface area contributed by atoms with Gasteiger partial charge in [-0.05, 0) is 80.5 Å². The maximum atomic E-state index is 14.0. The van der Waals surface area contributed by atoms with Gasteiger partial charge in [-0.25, -0.2) is 4.98 Å². The van der Waals surface area contributed by atoms with Gasteiger partial charge in [-0.15, -0.1) is 0 Å². The Hall–Kier alpha value is -4.55. The number of aliphatic carboxylic acids is 1. The average molecular weight is 625 g/mol. The molecule has 2 unspecified atom stereocenters. The fraction of sp³-hybridized carbons (Fsp3) is 0.438. The van der Waals surface area contributed by atoms with E-state index in [-0.39, 0.29) is 35.1 Å². The molecule has 7 rings (SSSR count). The molecule has 45 heavy (non-hydrogen) atoms. The van der Waals surface area contributed by atoms with Crippen molar-refractivity contribution in [3.63, 3.8) is 0 Å². The van der Waals surface area contributed by atoms with E-state index >= 15 is 0 Å². The number of alkyl halides is 3. The van der Waals surface area contributed by atoms with Crippen molar-refractivity contribution in [2.45, 2.75) is 51.2 Å². The third kappa shape index (κ3) is 5.71. The topological polar surface area (TPSA) is 138 Å². The minimum Gasteiger partial charge on any atom is -0.494 e. The predicted octanol–water partition coefficient (Wildman–Crippen LogP) is 6.35. The van der Waals surface area contributed by atoms with Crippen molar-refractivity contribution in [3.8, 4) is 5.75 Å². The summed E-state index contributed by atoms with van der Waals surface area (Å²) in [4.78, 5) is 32.6. The number of benzene rings is 2. The number of carboxylic acid groups (broad SMARTS) is 1. The highest BCUT2D eigenvalue weighted by Crippen LogP contribution is 2.60. The standard InChI is InChI=1S/C32H35F3N6O4/c1-16-5-4-6-21(28(42)36-2)25(16)40-27-22(32(33,34)35)15-37-30(41-27)39-23-8-7-20(11-24(23)45-3)38-26-18-9-17-10-19(26)14-31(12-17,13-18)29(43)44/h4-8,11,15,17-19,26,38H,9-10,12-14H2,1-3H3,(H,36,42)(H,43,44)(H2,37,39,40,41). The number of carbonyl (C=O) groups excluding carboxylic acids is 1. The highest BCUT2D eigenvalue weighted by Gasteiger charge is 2.58. The van der Waals surface area contributed by atoms with E-state index in [1.54, 1.807) is 31.2 Å². The Labute approximate surface area is 258 Å². The first-order valence-electron chi connectivity index (χ1n) is 14.9. The zero-order chi connectivity index (χ0) is 32.1. The fourth-order valence-corrected chi connectivity index (χ4v) is 7.74. The van der Waals surface area contributed by atoms with Gasteiger partial charge >= 0.3 is 12.1 Å². The van der Waals surface area contributed by atoms with Gasteiger partial charge in [-0.2, -0.15) is 18.2 Å². The molecule has 4 aliphatic rings. The molecule has 3 aromatic rings. The van der Waals surface area contributed by atoms with Crippen LogP contribution >= 0.6 is 0 Å². The zero-order valence-electron chi connectivity index (χ0n) is 25.1. The van der Waals surface area contributed by atoms with E-state index in [1.807, 2.05) is 6.07 Å². The minimum atomic E-state index is -4.76. The number of aromatic nitrogens is 2. The van der Waals surface area contributed by atoms with Gasteiger partial charge in [0.15, 0.2) is 0 Å². The summed E-state index contributed by atoms with van der Waals surface area (Å²) >= 11 is 0. The highest BCUT2D eigenvalue weighted by molar-refractivity contribution is 6.00. The van der Waals surface area contributed by atoms with Crippen LogP contribution in [0.2, 0.25) is 0 Å². The molecule has 4 aliphatic carbocycles. The summed E-state index contributed by atoms with van der Waals surface area (Å²) in [6.07, 6.45) is 0.109. The van der Waals surface area contributed by atoms with Crippen LogP contribution in [0.4, 0.5) is 42.0 Å². The number of halogens is 3. The number of hydrogen-bond donors (Lipinski definition) is 5. The first kappa shape index (κ1) is 30.5. The lowest BCUT2D eigenvalue weighted by Gasteiger charge is -2.58. The first-order valence-corrected chi connectivity index (χ1v) is 14.9. The van der Waals surface area contributed by atoms with Crippen molar-refractivity contribution in [3.05, 3.63) is 59.3 Å². The van der Waals surface area contributed by atoms with Crippen LogP contribution in [-0.2, 0) is 11.0 Å². The number of nitrogens with zero attached hydrogens (tertiary/aromatic N) is 2. The fourth-order valence-electron chi connectivity index (χ4n) is 7.74. The summed E-state index contributed by atoms with van der Waals surface area (Å²) in [5.41, 5.74) is 0.464. The molecule has 1 heterocycles. The number of anilines is 5. The SMILES string of the molecule is CNC(=O)c1cccc(C)c1Nc1nc(Nc2ccc(NC3C4CC5CC3CC(C(=O)O)(C5)C4)cc2OC)ncc1C(F)(F)F. The number of methoxy groups -OCH3 is 1. The Bertz CT molecular complexity index is 1630. The molecule has 238 valence electrons. The number of ether oxygens (including phenoxy) is 1. The molecule has 0 aliphatic heterocycles. The first-order chi connectivity index (χ1) is 21.4. The number of rotatable bonds is 9. The van der Waals surface area contributed by atoms with E-state index in [2.05, 4.69) is 31.2 Å². The molecule has 1 amide bonds. The van der Waals surface area contributed by atoms with Crippen LogP contribution in [0, 0.1) is 30.1 Å². The van der Waals surface area contributed by atoms with Crippen LogP contribution in [0.5, 0.6) is 5.75 Å². The summed E-state index contributed by atoms with van der Waals surface area (Å²) in [7, 11) is 2.93. The number of nitrogens with one attached hydrogen (secondary N) is 4. The number of hydrogen-bond acceptors (Lipinski definition) is 8. The van der Waals surface area contributed by atoms with Gasteiger partial charge in [0, 0.05) is 31.0 Å². The second kappa shape index (κ2) is 11.4. The second-order valence-electron chi connectivity index (χ2n) is 12.4. The van der Waals surface area contributed by atoms with Crippen LogP contribution in [0.15, 0.2) is 42.6 Å². The van der Waals surface area contributed by atoms with Crippen molar-refractivity contribution in [2.75, 3.05) is 30.1 Å². The van der Waals surface area contributed by atoms with Crippen molar-refractivity contribution in [2.24, 2.45) is 23.2 Å². The lowest BCUT2D eigenvalue weighted by Crippen LogP contribution is -2.58. The van der Waals surface area contributed by atoms with Crippen LogP contribution in [0.25, 0.3) is 0 Å². The quantitative estimate of drug-likeness (QED) is 0.184. The molecule has 0 saturated heterocycles. The number of amides is 1. The Kier molecular flexibility index (Phi) is 7.74. The van der Waals surface area contributed by atoms with Crippen LogP contribution < -0.4 is 26.0 Å². The van der Waals surface area contributed by atoms with Crippen molar-refractivity contribution >= 4 is 40.7 Å². The Balaban J connectivity index is 1.25. The molecule has 0 radical (unpaired) electrons. The number of carbonyl (C=O) groups is 2. The second-order valence-corrected chi connectivity index (χ2v) is 12.4. The number of para-hydroxylation sites is 1. The molecule has 2 atom stereocenters. The maximum Gasteiger partial charge on any atom is 0.421 e. The molecular formula is C32H35F3N6O4. The minimum absolute atomic E-state index is 0.111. The summed E-state index contributed by atoms with van der Waals surface area (Å²) in [5, 5.41) is 21.8. The lowest BCUT2D eigenvalue weighted by atomic mass is 9.48. The Morgan fingerprint density at radius 1 is 1.07 bits per heavy atom. The zero-order valence-corrected chi connectivity index (χ0v) is 25.1. The van der Waals surface area contributed by atoms with Gasteiger partial charge in [0.05, 0.1) is 29.5 Å². The van der Waals surface area contributed by atoms with Crippen LogP contribution in [-0.4, -0.2) is 47.2 Å². The molecule has 0 spiro atoms. The van der Waals surface area contributed by atoms with Gasteiger partial charge < -0.3 is 31.1 Å². The molecule has 4 bridgehead atoms. The Morgan fingerprint density at radius 3 is 2.44 bits per heavy atom. The van der Waals surface area contributed by atoms with E-state index < -0.39 is 34.8 Å². The van der Waals surface area contributed by atoms with Gasteiger partial charge in [-0.3, -0.25) is 9.59 Å². The maximum absolute atomic E-state index is 14.0. The van der Waals surface area contributed by atoms with Gasteiger partial charge in [0.25, 0.3) is 5.91 Å². The monoisotopic (exact) mass is 624 g/mol. The van der Waals surface area contributed by atoms with Gasteiger partial charge in [0.1, 0.15) is 17.1 Å². The molecule has 2 aromatic carbocycles. The van der Waals surface area contributed by atoms with E-state index in [1.165, 1.54) is 20.2 Å². The average Bonchev–Trinajstić information content (AvgIpc) is 2.99. The Morgan fingerprint density at radius 2 is 1.80 bits per heavy atom. The molecule has 4 saturated carbocycles. The molecule has 13 heteroatoms. The van der Waals surface area contributed by atoms with Crippen molar-refractivity contribution in [1.29, 1.82) is 0 Å². The molecule has 1 aromatic heterocycles. The third-order valence-electron chi connectivity index (χ3n) is 9.59. The third-order valence-corrected chi connectivity index (χ3v) is 9.59. The predicted molar refractivity (Wildman–Crippen MR) is 162 cm³/mol. The van der Waals surface area contributed by atoms with Gasteiger partial charge in [0.2, 0.25) is 5.95 Å². The van der Waals surface area contributed by atoms with Crippen molar-refractivity contribution < 1.29 is 32.6 Å². The number of carboxylic acids is 1. The van der Waals surface area contributed by atoms with E-state index in [4.69, 9.17) is 4.74 Å². The van der Waals surface area contributed by atoms with Gasteiger partial charge in [-0.1, -0.05) is 12.1 Å². The molecular weight excluding hydrogens is 589 g/mol. The molecule has 5 N–H and O–H groups in total. The van der Waals surface area contributed by atoms with E-state index in [0.29, 0.717) is 42.0 Å². The van der Waals surface area contributed by atoms with Crippen LogP contribution in [0.1, 0.15) is 53.6 Å². The molecule has 4 fully saturated rings. The largest absolute Gasteiger partial charge is 0.494 e. The van der Waals surface area contributed by atoms with Crippen LogP contribution in [0.3, 0.4) is 0 Å².